The van der Waals surface area contributed by atoms with Crippen molar-refractivity contribution >= 4 is 17.7 Å². The molecule has 0 unspecified atom stereocenters. The van der Waals surface area contributed by atoms with Crippen molar-refractivity contribution in [3.05, 3.63) is 29.8 Å². The van der Waals surface area contributed by atoms with Crippen LogP contribution in [-0.4, -0.2) is 38.0 Å². The maximum atomic E-state index is 11.6. The number of ether oxygens (including phenoxy) is 1. The zero-order valence-corrected chi connectivity index (χ0v) is 13.3. The van der Waals surface area contributed by atoms with Crippen molar-refractivity contribution in [2.24, 2.45) is 0 Å². The number of hydrogen-bond donors (Lipinski definition) is 2. The number of methoxy groups -OCH3 is 1. The predicted molar refractivity (Wildman–Crippen MR) is 84.0 cm³/mol. The molecule has 0 radical (unpaired) electrons. The normalized spacial score (nSPS) is 10.8. The van der Waals surface area contributed by atoms with E-state index < -0.39 is 0 Å². The lowest BCUT2D eigenvalue weighted by molar-refractivity contribution is -0.118. The highest BCUT2D eigenvalue weighted by Gasteiger charge is 2.03. The Bertz CT molecular complexity index is 411. The van der Waals surface area contributed by atoms with E-state index in [1.54, 1.807) is 18.9 Å². The number of rotatable bonds is 9. The minimum absolute atomic E-state index is 0.0396. The van der Waals surface area contributed by atoms with E-state index in [2.05, 4.69) is 36.6 Å². The van der Waals surface area contributed by atoms with Crippen LogP contribution in [0.15, 0.2) is 29.2 Å². The van der Waals surface area contributed by atoms with Gasteiger partial charge >= 0.3 is 0 Å². The zero-order chi connectivity index (χ0) is 14.8. The summed E-state index contributed by atoms with van der Waals surface area (Å²) in [5.41, 5.74) is 1.24. The van der Waals surface area contributed by atoms with Gasteiger partial charge in [-0.3, -0.25) is 4.79 Å². The third-order valence-electron chi connectivity index (χ3n) is 2.61. The third kappa shape index (κ3) is 7.53. The first-order chi connectivity index (χ1) is 9.61. The monoisotopic (exact) mass is 296 g/mol. The Morgan fingerprint density at radius 2 is 2.20 bits per heavy atom. The topological polar surface area (TPSA) is 50.4 Å². The Kier molecular flexibility index (Phi) is 8.34. The highest BCUT2D eigenvalue weighted by atomic mass is 32.2. The van der Waals surface area contributed by atoms with E-state index in [4.69, 9.17) is 4.74 Å². The van der Waals surface area contributed by atoms with Gasteiger partial charge in [-0.05, 0) is 17.7 Å². The van der Waals surface area contributed by atoms with Crippen LogP contribution in [0.4, 0.5) is 0 Å². The standard InChI is InChI=1S/C15H24N2O2S/c1-12(2)17-10-13-5-4-6-14(9-13)20-11-15(18)16-7-8-19-3/h4-6,9,12,17H,7-8,10-11H2,1-3H3,(H,16,18). The Morgan fingerprint density at radius 1 is 1.40 bits per heavy atom. The molecule has 1 amide bonds. The maximum Gasteiger partial charge on any atom is 0.230 e. The molecule has 1 aromatic rings. The maximum absolute atomic E-state index is 11.6. The second kappa shape index (κ2) is 9.80. The molecule has 4 nitrogen and oxygen atoms in total. The molecule has 0 saturated carbocycles. The molecule has 2 N–H and O–H groups in total. The summed E-state index contributed by atoms with van der Waals surface area (Å²) >= 11 is 1.55. The fourth-order valence-corrected chi connectivity index (χ4v) is 2.37. The van der Waals surface area contributed by atoms with E-state index in [0.29, 0.717) is 24.9 Å². The quantitative estimate of drug-likeness (QED) is 0.541. The number of benzene rings is 1. The van der Waals surface area contributed by atoms with Gasteiger partial charge in [0.15, 0.2) is 0 Å². The second-order valence-electron chi connectivity index (χ2n) is 4.81. The van der Waals surface area contributed by atoms with Crippen molar-refractivity contribution in [3.63, 3.8) is 0 Å². The summed E-state index contributed by atoms with van der Waals surface area (Å²) in [6.07, 6.45) is 0. The van der Waals surface area contributed by atoms with Crippen molar-refractivity contribution in [2.45, 2.75) is 31.3 Å². The summed E-state index contributed by atoms with van der Waals surface area (Å²) < 4.78 is 4.89. The number of amides is 1. The molecule has 0 aromatic heterocycles. The smallest absolute Gasteiger partial charge is 0.230 e. The average molecular weight is 296 g/mol. The van der Waals surface area contributed by atoms with Gasteiger partial charge in [-0.25, -0.2) is 0 Å². The summed E-state index contributed by atoms with van der Waals surface area (Å²) in [5.74, 6) is 0.475. The van der Waals surface area contributed by atoms with E-state index >= 15 is 0 Å². The average Bonchev–Trinajstić information content (AvgIpc) is 2.44. The summed E-state index contributed by atoms with van der Waals surface area (Å²) in [7, 11) is 1.62. The molecule has 20 heavy (non-hydrogen) atoms. The molecule has 0 aliphatic rings. The first-order valence-corrected chi connectivity index (χ1v) is 7.81. The largest absolute Gasteiger partial charge is 0.383 e. The SMILES string of the molecule is COCCNC(=O)CSc1cccc(CNC(C)C)c1. The van der Waals surface area contributed by atoms with E-state index in [0.717, 1.165) is 11.4 Å². The van der Waals surface area contributed by atoms with Crippen LogP contribution < -0.4 is 10.6 Å². The molecule has 1 rings (SSSR count). The van der Waals surface area contributed by atoms with Gasteiger partial charge in [0.25, 0.3) is 0 Å². The van der Waals surface area contributed by atoms with Crippen LogP contribution in [0.5, 0.6) is 0 Å². The summed E-state index contributed by atoms with van der Waals surface area (Å²) in [4.78, 5) is 12.7. The van der Waals surface area contributed by atoms with Gasteiger partial charge in [0, 0.05) is 31.1 Å². The van der Waals surface area contributed by atoms with Crippen molar-refractivity contribution < 1.29 is 9.53 Å². The van der Waals surface area contributed by atoms with E-state index in [-0.39, 0.29) is 5.91 Å². The number of nitrogens with one attached hydrogen (secondary N) is 2. The van der Waals surface area contributed by atoms with Gasteiger partial charge in [-0.2, -0.15) is 0 Å². The molecule has 0 bridgehead atoms. The first-order valence-electron chi connectivity index (χ1n) is 6.82. The van der Waals surface area contributed by atoms with Gasteiger partial charge in [0.2, 0.25) is 5.91 Å². The van der Waals surface area contributed by atoms with Crippen molar-refractivity contribution in [1.29, 1.82) is 0 Å². The minimum Gasteiger partial charge on any atom is -0.383 e. The Balaban J connectivity index is 2.36. The number of hydrogen-bond acceptors (Lipinski definition) is 4. The van der Waals surface area contributed by atoms with Crippen LogP contribution in [0.25, 0.3) is 0 Å². The molecule has 1 aromatic carbocycles. The second-order valence-corrected chi connectivity index (χ2v) is 5.86. The molecule has 112 valence electrons. The van der Waals surface area contributed by atoms with Gasteiger partial charge in [-0.15, -0.1) is 11.8 Å². The lowest BCUT2D eigenvalue weighted by atomic mass is 10.2. The molecule has 0 aliphatic carbocycles. The highest BCUT2D eigenvalue weighted by Crippen LogP contribution is 2.18. The molecular formula is C15H24N2O2S. The highest BCUT2D eigenvalue weighted by molar-refractivity contribution is 8.00. The van der Waals surface area contributed by atoms with Crippen LogP contribution in [-0.2, 0) is 16.1 Å². The minimum atomic E-state index is 0.0396. The van der Waals surface area contributed by atoms with Crippen LogP contribution in [0.3, 0.4) is 0 Å². The summed E-state index contributed by atoms with van der Waals surface area (Å²) in [6, 6.07) is 8.76. The number of thioether (sulfide) groups is 1. The van der Waals surface area contributed by atoms with Gasteiger partial charge in [0.1, 0.15) is 0 Å². The van der Waals surface area contributed by atoms with E-state index in [1.165, 1.54) is 5.56 Å². The van der Waals surface area contributed by atoms with Gasteiger partial charge in [-0.1, -0.05) is 26.0 Å². The van der Waals surface area contributed by atoms with Crippen molar-refractivity contribution in [2.75, 3.05) is 26.0 Å². The Hall–Kier alpha value is -1.04. The number of carbonyl (C=O) groups excluding carboxylic acids is 1. The Morgan fingerprint density at radius 3 is 2.90 bits per heavy atom. The van der Waals surface area contributed by atoms with Crippen LogP contribution in [0.1, 0.15) is 19.4 Å². The van der Waals surface area contributed by atoms with E-state index in [9.17, 15) is 4.79 Å². The molecule has 5 heteroatoms. The zero-order valence-electron chi connectivity index (χ0n) is 12.4. The van der Waals surface area contributed by atoms with E-state index in [1.807, 2.05) is 12.1 Å². The lowest BCUT2D eigenvalue weighted by Crippen LogP contribution is -2.28. The predicted octanol–water partition coefficient (Wildman–Crippen LogP) is 2.04. The Labute approximate surface area is 125 Å². The summed E-state index contributed by atoms with van der Waals surface area (Å²) in [5, 5.41) is 6.20. The fourth-order valence-electron chi connectivity index (χ4n) is 1.56. The molecule has 0 spiro atoms. The molecule has 0 atom stereocenters. The van der Waals surface area contributed by atoms with Gasteiger partial charge in [0.05, 0.1) is 12.4 Å². The van der Waals surface area contributed by atoms with Crippen LogP contribution in [0, 0.1) is 0 Å². The lowest BCUT2D eigenvalue weighted by Gasteiger charge is -2.09. The van der Waals surface area contributed by atoms with Gasteiger partial charge < -0.3 is 15.4 Å². The van der Waals surface area contributed by atoms with Crippen molar-refractivity contribution in [1.82, 2.24) is 10.6 Å². The fraction of sp³-hybridized carbons (Fsp3) is 0.533. The van der Waals surface area contributed by atoms with Crippen LogP contribution in [0.2, 0.25) is 0 Å². The number of carbonyl (C=O) groups is 1. The molecule has 0 heterocycles. The molecule has 0 fully saturated rings. The van der Waals surface area contributed by atoms with Crippen LogP contribution >= 0.6 is 11.8 Å². The molecule has 0 aliphatic heterocycles. The van der Waals surface area contributed by atoms with Crippen molar-refractivity contribution in [3.8, 4) is 0 Å². The molecular weight excluding hydrogens is 272 g/mol. The molecule has 0 saturated heterocycles. The first kappa shape index (κ1) is 17.0. The summed E-state index contributed by atoms with van der Waals surface area (Å²) in [6.45, 7) is 6.22. The third-order valence-corrected chi connectivity index (χ3v) is 3.60.